The van der Waals surface area contributed by atoms with Gasteiger partial charge in [-0.25, -0.2) is 0 Å². The van der Waals surface area contributed by atoms with Crippen molar-refractivity contribution < 1.29 is 9.21 Å². The number of nitrogens with one attached hydrogen (secondary N) is 1. The molecule has 0 radical (unpaired) electrons. The Morgan fingerprint density at radius 2 is 2.24 bits per heavy atom. The second-order valence-electron chi connectivity index (χ2n) is 4.06. The number of carbonyl (C=O) groups excluding carboxylic acids is 1. The van der Waals surface area contributed by atoms with Gasteiger partial charge in [0, 0.05) is 17.1 Å². The molecule has 1 aromatic carbocycles. The quantitative estimate of drug-likeness (QED) is 0.885. The first kappa shape index (κ1) is 10.4. The van der Waals surface area contributed by atoms with E-state index in [0.29, 0.717) is 11.4 Å². The van der Waals surface area contributed by atoms with Gasteiger partial charge in [0.2, 0.25) is 5.91 Å². The van der Waals surface area contributed by atoms with Gasteiger partial charge in [0.05, 0.1) is 12.2 Å². The van der Waals surface area contributed by atoms with Gasteiger partial charge in [-0.05, 0) is 35.9 Å². The summed E-state index contributed by atoms with van der Waals surface area (Å²) >= 11 is 5.96. The SMILES string of the molecule is O=C1Nc2ccc(Cl)cc2[C@@H]1Cc1ccco1. The summed E-state index contributed by atoms with van der Waals surface area (Å²) in [5.74, 6) is 0.589. The second-order valence-corrected chi connectivity index (χ2v) is 4.49. The van der Waals surface area contributed by atoms with E-state index in [0.717, 1.165) is 17.0 Å². The summed E-state index contributed by atoms with van der Waals surface area (Å²) in [5, 5.41) is 3.49. The van der Waals surface area contributed by atoms with E-state index < -0.39 is 0 Å². The van der Waals surface area contributed by atoms with Gasteiger partial charge in [-0.1, -0.05) is 11.6 Å². The Labute approximate surface area is 103 Å². The van der Waals surface area contributed by atoms with E-state index in [1.807, 2.05) is 24.3 Å². The van der Waals surface area contributed by atoms with Gasteiger partial charge in [-0.15, -0.1) is 0 Å². The first-order valence-electron chi connectivity index (χ1n) is 5.37. The van der Waals surface area contributed by atoms with Crippen molar-refractivity contribution in [2.24, 2.45) is 0 Å². The standard InChI is InChI=1S/C13H10ClNO2/c14-8-3-4-12-10(6-8)11(13(16)15-12)7-9-2-1-5-17-9/h1-6,11H,7H2,(H,15,16)/t11-/m0/s1. The van der Waals surface area contributed by atoms with E-state index in [-0.39, 0.29) is 11.8 Å². The third kappa shape index (κ3) is 1.83. The largest absolute Gasteiger partial charge is 0.469 e. The number of fused-ring (bicyclic) bond motifs is 1. The molecule has 1 atom stereocenters. The molecule has 1 N–H and O–H groups in total. The summed E-state index contributed by atoms with van der Waals surface area (Å²) in [4.78, 5) is 11.9. The average Bonchev–Trinajstić information content (AvgIpc) is 2.90. The number of carbonyl (C=O) groups is 1. The maximum absolute atomic E-state index is 11.9. The number of amides is 1. The van der Waals surface area contributed by atoms with E-state index in [1.165, 1.54) is 0 Å². The fourth-order valence-corrected chi connectivity index (χ4v) is 2.31. The van der Waals surface area contributed by atoms with Gasteiger partial charge >= 0.3 is 0 Å². The number of halogens is 1. The van der Waals surface area contributed by atoms with Crippen molar-refractivity contribution in [3.8, 4) is 0 Å². The third-order valence-corrected chi connectivity index (χ3v) is 3.18. The molecule has 0 saturated carbocycles. The van der Waals surface area contributed by atoms with Crippen LogP contribution in [0.25, 0.3) is 0 Å². The van der Waals surface area contributed by atoms with Crippen LogP contribution in [0.4, 0.5) is 5.69 Å². The van der Waals surface area contributed by atoms with E-state index in [2.05, 4.69) is 5.32 Å². The zero-order valence-corrected chi connectivity index (χ0v) is 9.70. The van der Waals surface area contributed by atoms with Crippen LogP contribution in [0.2, 0.25) is 5.02 Å². The van der Waals surface area contributed by atoms with Gasteiger partial charge in [0.1, 0.15) is 5.76 Å². The molecule has 4 heteroatoms. The van der Waals surface area contributed by atoms with Gasteiger partial charge in [-0.2, -0.15) is 0 Å². The highest BCUT2D eigenvalue weighted by Crippen LogP contribution is 2.36. The normalized spacial score (nSPS) is 17.9. The van der Waals surface area contributed by atoms with Crippen molar-refractivity contribution in [1.82, 2.24) is 0 Å². The summed E-state index contributed by atoms with van der Waals surface area (Å²) in [6.07, 6.45) is 2.17. The smallest absolute Gasteiger partial charge is 0.232 e. The number of hydrogen-bond donors (Lipinski definition) is 1. The van der Waals surface area contributed by atoms with E-state index in [1.54, 1.807) is 12.3 Å². The lowest BCUT2D eigenvalue weighted by atomic mass is 9.96. The first-order valence-corrected chi connectivity index (χ1v) is 5.74. The fourth-order valence-electron chi connectivity index (χ4n) is 2.13. The maximum atomic E-state index is 11.9. The molecule has 0 fully saturated rings. The van der Waals surface area contributed by atoms with Gasteiger partial charge in [0.25, 0.3) is 0 Å². The molecule has 0 bridgehead atoms. The van der Waals surface area contributed by atoms with Crippen molar-refractivity contribution in [1.29, 1.82) is 0 Å². The lowest BCUT2D eigenvalue weighted by Gasteiger charge is -2.06. The van der Waals surface area contributed by atoms with Gasteiger partial charge in [0.15, 0.2) is 0 Å². The monoisotopic (exact) mass is 247 g/mol. The average molecular weight is 248 g/mol. The van der Waals surface area contributed by atoms with Crippen LogP contribution in [-0.2, 0) is 11.2 Å². The third-order valence-electron chi connectivity index (χ3n) is 2.95. The molecule has 2 aromatic rings. The Bertz CT molecular complexity index is 563. The molecule has 0 saturated heterocycles. The Morgan fingerprint density at radius 3 is 3.00 bits per heavy atom. The molecule has 17 heavy (non-hydrogen) atoms. The van der Waals surface area contributed by atoms with Crippen LogP contribution in [0.1, 0.15) is 17.2 Å². The number of anilines is 1. The molecule has 3 rings (SSSR count). The molecular weight excluding hydrogens is 238 g/mol. The zero-order valence-electron chi connectivity index (χ0n) is 8.94. The van der Waals surface area contributed by atoms with Crippen molar-refractivity contribution in [3.05, 3.63) is 52.9 Å². The molecular formula is C13H10ClNO2. The highest BCUT2D eigenvalue weighted by atomic mass is 35.5. The second kappa shape index (κ2) is 3.93. The Balaban J connectivity index is 1.96. The van der Waals surface area contributed by atoms with Crippen LogP contribution in [0.5, 0.6) is 0 Å². The lowest BCUT2D eigenvalue weighted by molar-refractivity contribution is -0.117. The van der Waals surface area contributed by atoms with E-state index >= 15 is 0 Å². The minimum absolute atomic E-state index is 0.00123. The summed E-state index contributed by atoms with van der Waals surface area (Å²) in [6.45, 7) is 0. The zero-order chi connectivity index (χ0) is 11.8. The Kier molecular flexibility index (Phi) is 2.41. The van der Waals surface area contributed by atoms with Crippen LogP contribution < -0.4 is 5.32 Å². The highest BCUT2D eigenvalue weighted by molar-refractivity contribution is 6.31. The predicted octanol–water partition coefficient (Wildman–Crippen LogP) is 3.21. The Morgan fingerprint density at radius 1 is 1.35 bits per heavy atom. The predicted molar refractivity (Wildman–Crippen MR) is 65.2 cm³/mol. The maximum Gasteiger partial charge on any atom is 0.232 e. The molecule has 1 aromatic heterocycles. The minimum Gasteiger partial charge on any atom is -0.469 e. The van der Waals surface area contributed by atoms with Crippen molar-refractivity contribution in [3.63, 3.8) is 0 Å². The van der Waals surface area contributed by atoms with Gasteiger partial charge < -0.3 is 9.73 Å². The topological polar surface area (TPSA) is 42.2 Å². The molecule has 1 aliphatic heterocycles. The summed E-state index contributed by atoms with van der Waals surface area (Å²) in [7, 11) is 0. The first-order chi connectivity index (χ1) is 8.24. The van der Waals surface area contributed by atoms with Crippen LogP contribution in [-0.4, -0.2) is 5.91 Å². The lowest BCUT2D eigenvalue weighted by Crippen LogP contribution is -2.13. The van der Waals surface area contributed by atoms with Crippen molar-refractivity contribution in [2.45, 2.75) is 12.3 Å². The van der Waals surface area contributed by atoms with Gasteiger partial charge in [-0.3, -0.25) is 4.79 Å². The van der Waals surface area contributed by atoms with Crippen molar-refractivity contribution in [2.75, 3.05) is 5.32 Å². The van der Waals surface area contributed by atoms with Crippen LogP contribution in [0, 0.1) is 0 Å². The highest BCUT2D eigenvalue weighted by Gasteiger charge is 2.31. The molecule has 3 nitrogen and oxygen atoms in total. The molecule has 0 aliphatic carbocycles. The van der Waals surface area contributed by atoms with E-state index in [4.69, 9.17) is 16.0 Å². The summed E-state index contributed by atoms with van der Waals surface area (Å²) in [5.41, 5.74) is 1.79. The Hall–Kier alpha value is -1.74. The van der Waals surface area contributed by atoms with E-state index in [9.17, 15) is 4.79 Å². The summed E-state index contributed by atoms with van der Waals surface area (Å²) in [6, 6.07) is 9.13. The minimum atomic E-state index is -0.213. The van der Waals surface area contributed by atoms with Crippen LogP contribution in [0.15, 0.2) is 41.0 Å². The van der Waals surface area contributed by atoms with Crippen molar-refractivity contribution >= 4 is 23.2 Å². The molecule has 2 heterocycles. The number of hydrogen-bond acceptors (Lipinski definition) is 2. The number of furan rings is 1. The molecule has 1 aliphatic rings. The van der Waals surface area contributed by atoms with Crippen LogP contribution in [0.3, 0.4) is 0 Å². The van der Waals surface area contributed by atoms with Crippen LogP contribution >= 0.6 is 11.6 Å². The number of rotatable bonds is 2. The molecule has 86 valence electrons. The summed E-state index contributed by atoms with van der Waals surface area (Å²) < 4.78 is 5.28. The molecule has 0 spiro atoms. The molecule has 0 unspecified atom stereocenters. The fraction of sp³-hybridized carbons (Fsp3) is 0.154. The molecule has 1 amide bonds. The number of benzene rings is 1.